The zero-order valence-corrected chi connectivity index (χ0v) is 14.8. The van der Waals surface area contributed by atoms with Crippen LogP contribution in [0.1, 0.15) is 37.7 Å². The van der Waals surface area contributed by atoms with Gasteiger partial charge >= 0.3 is 0 Å². The van der Waals surface area contributed by atoms with Crippen LogP contribution in [-0.2, 0) is 5.41 Å². The Bertz CT molecular complexity index is 453. The Balaban J connectivity index is 1.82. The average Bonchev–Trinajstić information content (AvgIpc) is 3.08. The molecule has 2 saturated carbocycles. The summed E-state index contributed by atoms with van der Waals surface area (Å²) in [6, 6.07) is 7.11. The maximum absolute atomic E-state index is 13.2. The van der Waals surface area contributed by atoms with Crippen LogP contribution in [0, 0.1) is 23.6 Å². The first kappa shape index (κ1) is 15.0. The lowest BCUT2D eigenvalue weighted by Gasteiger charge is -2.36. The van der Waals surface area contributed by atoms with Crippen molar-refractivity contribution in [3.63, 3.8) is 0 Å². The van der Waals surface area contributed by atoms with Crippen molar-refractivity contribution in [2.45, 2.75) is 37.5 Å². The molecule has 2 fully saturated rings. The van der Waals surface area contributed by atoms with Gasteiger partial charge in [0, 0.05) is 16.1 Å². The van der Waals surface area contributed by atoms with Gasteiger partial charge in [-0.15, -0.1) is 0 Å². The summed E-state index contributed by atoms with van der Waals surface area (Å²) < 4.78 is 13.2. The van der Waals surface area contributed by atoms with Crippen molar-refractivity contribution in [1.82, 2.24) is 0 Å². The summed E-state index contributed by atoms with van der Waals surface area (Å²) in [5.74, 6) is 2.64. The van der Waals surface area contributed by atoms with Gasteiger partial charge in [0.15, 0.2) is 0 Å². The molecule has 0 nitrogen and oxygen atoms in total. The molecule has 0 radical (unpaired) electrons. The lowest BCUT2D eigenvalue weighted by molar-refractivity contribution is 0.266. The normalized spacial score (nSPS) is 29.1. The zero-order chi connectivity index (χ0) is 14.2. The molecular weight excluding hydrogens is 383 g/mol. The molecule has 0 amide bonds. The molecule has 2 aliphatic rings. The van der Waals surface area contributed by atoms with Gasteiger partial charge in [0.2, 0.25) is 0 Å². The molecule has 0 N–H and O–H groups in total. The van der Waals surface area contributed by atoms with Gasteiger partial charge in [-0.3, -0.25) is 0 Å². The SMILES string of the molecule is Fc1ccc(C(CBr)(CBr)CC2CC3CCC2C3)cc1. The summed E-state index contributed by atoms with van der Waals surface area (Å²) in [6.07, 6.45) is 6.96. The Hall–Kier alpha value is 0.110. The van der Waals surface area contributed by atoms with Crippen molar-refractivity contribution >= 4 is 31.9 Å². The standard InChI is InChI=1S/C17H21Br2F/c18-10-17(11-19,15-3-5-16(20)6-4-15)9-14-8-12-1-2-13(14)7-12/h3-6,12-14H,1-2,7-11H2. The molecule has 110 valence electrons. The topological polar surface area (TPSA) is 0 Å². The second-order valence-electron chi connectivity index (χ2n) is 6.69. The Labute approximate surface area is 137 Å². The summed E-state index contributed by atoms with van der Waals surface area (Å²) in [5, 5.41) is 1.87. The first-order valence-electron chi connectivity index (χ1n) is 7.55. The molecule has 0 heterocycles. The van der Waals surface area contributed by atoms with Crippen molar-refractivity contribution in [3.8, 4) is 0 Å². The highest BCUT2D eigenvalue weighted by atomic mass is 79.9. The summed E-state index contributed by atoms with van der Waals surface area (Å²) in [4.78, 5) is 0. The number of halogens is 3. The number of fused-ring (bicyclic) bond motifs is 2. The second-order valence-corrected chi connectivity index (χ2v) is 7.82. The van der Waals surface area contributed by atoms with Gasteiger partial charge in [-0.2, -0.15) is 0 Å². The van der Waals surface area contributed by atoms with Gasteiger partial charge in [-0.05, 0) is 61.1 Å². The summed E-state index contributed by atoms with van der Waals surface area (Å²) in [7, 11) is 0. The molecular formula is C17H21Br2F. The van der Waals surface area contributed by atoms with Crippen LogP contribution in [0.4, 0.5) is 4.39 Å². The van der Waals surface area contributed by atoms with Crippen molar-refractivity contribution in [1.29, 1.82) is 0 Å². The molecule has 3 rings (SSSR count). The zero-order valence-electron chi connectivity index (χ0n) is 11.6. The average molecular weight is 404 g/mol. The number of hydrogen-bond donors (Lipinski definition) is 0. The van der Waals surface area contributed by atoms with E-state index in [2.05, 4.69) is 31.9 Å². The number of hydrogen-bond acceptors (Lipinski definition) is 0. The van der Waals surface area contributed by atoms with Gasteiger partial charge in [0.25, 0.3) is 0 Å². The Morgan fingerprint density at radius 1 is 1.05 bits per heavy atom. The number of alkyl halides is 2. The van der Waals surface area contributed by atoms with E-state index >= 15 is 0 Å². The lowest BCUT2D eigenvalue weighted by Crippen LogP contribution is -2.34. The predicted molar refractivity (Wildman–Crippen MR) is 89.2 cm³/mol. The number of benzene rings is 1. The first-order valence-corrected chi connectivity index (χ1v) is 9.79. The maximum atomic E-state index is 13.2. The summed E-state index contributed by atoms with van der Waals surface area (Å²) in [6.45, 7) is 0. The van der Waals surface area contributed by atoms with E-state index in [-0.39, 0.29) is 11.2 Å². The molecule has 0 spiro atoms. The Morgan fingerprint density at radius 2 is 1.75 bits per heavy atom. The third kappa shape index (κ3) is 2.72. The molecule has 3 unspecified atom stereocenters. The van der Waals surface area contributed by atoms with E-state index < -0.39 is 0 Å². The Kier molecular flexibility index (Phi) is 4.57. The number of rotatable bonds is 5. The minimum Gasteiger partial charge on any atom is -0.207 e. The minimum absolute atomic E-state index is 0.100. The molecule has 2 aliphatic carbocycles. The van der Waals surface area contributed by atoms with E-state index in [9.17, 15) is 4.39 Å². The van der Waals surface area contributed by atoms with Crippen LogP contribution in [0.2, 0.25) is 0 Å². The summed E-state index contributed by atoms with van der Waals surface area (Å²) in [5.41, 5.74) is 1.36. The van der Waals surface area contributed by atoms with Crippen LogP contribution in [-0.4, -0.2) is 10.7 Å². The van der Waals surface area contributed by atoms with Crippen molar-refractivity contribution < 1.29 is 4.39 Å². The first-order chi connectivity index (χ1) is 9.66. The van der Waals surface area contributed by atoms with Crippen LogP contribution < -0.4 is 0 Å². The van der Waals surface area contributed by atoms with Crippen LogP contribution in [0.5, 0.6) is 0 Å². The van der Waals surface area contributed by atoms with E-state index in [0.717, 1.165) is 28.4 Å². The monoisotopic (exact) mass is 402 g/mol. The lowest BCUT2D eigenvalue weighted by atomic mass is 9.72. The fourth-order valence-corrected chi connectivity index (χ4v) is 6.38. The van der Waals surface area contributed by atoms with Crippen molar-refractivity contribution in [3.05, 3.63) is 35.6 Å². The molecule has 0 aliphatic heterocycles. The molecule has 0 aromatic heterocycles. The Morgan fingerprint density at radius 3 is 2.25 bits per heavy atom. The molecule has 1 aromatic rings. The highest BCUT2D eigenvalue weighted by Gasteiger charge is 2.43. The van der Waals surface area contributed by atoms with E-state index in [1.54, 1.807) is 12.1 Å². The molecule has 20 heavy (non-hydrogen) atoms. The minimum atomic E-state index is -0.147. The fourth-order valence-electron chi connectivity index (χ4n) is 4.35. The summed E-state index contributed by atoms with van der Waals surface area (Å²) >= 11 is 7.45. The van der Waals surface area contributed by atoms with Crippen molar-refractivity contribution in [2.75, 3.05) is 10.7 Å². The van der Waals surface area contributed by atoms with Crippen LogP contribution in [0.15, 0.2) is 24.3 Å². The van der Waals surface area contributed by atoms with Crippen molar-refractivity contribution in [2.24, 2.45) is 17.8 Å². The smallest absolute Gasteiger partial charge is 0.123 e. The highest BCUT2D eigenvalue weighted by molar-refractivity contribution is 9.09. The highest BCUT2D eigenvalue weighted by Crippen LogP contribution is 2.52. The molecule has 1 aromatic carbocycles. The third-order valence-electron chi connectivity index (χ3n) is 5.51. The third-order valence-corrected chi connectivity index (χ3v) is 7.65. The van der Waals surface area contributed by atoms with Crippen LogP contribution in [0.25, 0.3) is 0 Å². The van der Waals surface area contributed by atoms with Crippen LogP contribution in [0.3, 0.4) is 0 Å². The molecule has 3 atom stereocenters. The molecule has 2 bridgehead atoms. The quantitative estimate of drug-likeness (QED) is 0.554. The van der Waals surface area contributed by atoms with E-state index in [0.29, 0.717) is 0 Å². The largest absolute Gasteiger partial charge is 0.207 e. The van der Waals surface area contributed by atoms with Crippen LogP contribution >= 0.6 is 31.9 Å². The van der Waals surface area contributed by atoms with Gasteiger partial charge in [-0.25, -0.2) is 4.39 Å². The van der Waals surface area contributed by atoms with Gasteiger partial charge < -0.3 is 0 Å². The predicted octanol–water partition coefficient (Wildman–Crippen LogP) is 5.68. The van der Waals surface area contributed by atoms with E-state index in [1.165, 1.54) is 37.7 Å². The van der Waals surface area contributed by atoms with Gasteiger partial charge in [-0.1, -0.05) is 50.4 Å². The molecule has 0 saturated heterocycles. The second kappa shape index (κ2) is 6.08. The molecule has 3 heteroatoms. The van der Waals surface area contributed by atoms with E-state index in [4.69, 9.17) is 0 Å². The maximum Gasteiger partial charge on any atom is 0.123 e. The van der Waals surface area contributed by atoms with E-state index in [1.807, 2.05) is 12.1 Å². The fraction of sp³-hybridized carbons (Fsp3) is 0.647. The van der Waals surface area contributed by atoms with Gasteiger partial charge in [0.1, 0.15) is 5.82 Å². The van der Waals surface area contributed by atoms with Gasteiger partial charge in [0.05, 0.1) is 0 Å².